The fourth-order valence-electron chi connectivity index (χ4n) is 4.69. The Bertz CT molecular complexity index is 863. The van der Waals surface area contributed by atoms with Crippen molar-refractivity contribution < 1.29 is 23.5 Å². The fraction of sp³-hybridized carbons (Fsp3) is 0.615. The largest absolute Gasteiger partial charge is 0.466 e. The van der Waals surface area contributed by atoms with Crippen molar-refractivity contribution in [3.8, 4) is 0 Å². The van der Waals surface area contributed by atoms with E-state index >= 15 is 0 Å². The summed E-state index contributed by atoms with van der Waals surface area (Å²) < 4.78 is 24.6. The molecule has 0 unspecified atom stereocenters. The number of esters is 1. The summed E-state index contributed by atoms with van der Waals surface area (Å²) in [7, 11) is 0. The van der Waals surface area contributed by atoms with Crippen LogP contribution in [-0.4, -0.2) is 42.3 Å². The van der Waals surface area contributed by atoms with E-state index in [2.05, 4.69) is 6.08 Å². The van der Waals surface area contributed by atoms with Crippen LogP contribution in [0.3, 0.4) is 0 Å². The zero-order chi connectivity index (χ0) is 23.4. The van der Waals surface area contributed by atoms with Crippen LogP contribution in [-0.2, 0) is 20.7 Å². The number of carbonyl (C=O) groups excluding carboxylic acids is 2. The number of nitrogens with zero attached hydrogens (tertiary/aromatic N) is 1. The Morgan fingerprint density at radius 3 is 2.53 bits per heavy atom. The van der Waals surface area contributed by atoms with Crippen molar-refractivity contribution in [2.45, 2.75) is 78.2 Å². The number of ether oxygens (including phenoxy) is 2. The Morgan fingerprint density at radius 1 is 1.16 bits per heavy atom. The zero-order valence-electron chi connectivity index (χ0n) is 19.8. The number of rotatable bonds is 6. The van der Waals surface area contributed by atoms with Gasteiger partial charge in [0.05, 0.1) is 6.61 Å². The zero-order valence-corrected chi connectivity index (χ0v) is 19.8. The molecule has 1 aliphatic carbocycles. The Kier molecular flexibility index (Phi) is 7.63. The third-order valence-corrected chi connectivity index (χ3v) is 6.23. The van der Waals surface area contributed by atoms with Gasteiger partial charge in [-0.3, -0.25) is 4.79 Å². The first-order chi connectivity index (χ1) is 15.1. The molecule has 0 radical (unpaired) electrons. The summed E-state index contributed by atoms with van der Waals surface area (Å²) in [5.41, 5.74) is 2.78. The molecule has 2 aliphatic rings. The summed E-state index contributed by atoms with van der Waals surface area (Å²) in [4.78, 5) is 25.9. The number of allylic oxidation sites excluding steroid dienone is 2. The van der Waals surface area contributed by atoms with Crippen molar-refractivity contribution in [3.05, 3.63) is 41.2 Å². The molecular weight excluding hydrogens is 409 g/mol. The van der Waals surface area contributed by atoms with Crippen LogP contribution in [0.25, 0.3) is 5.57 Å². The number of carbonyl (C=O) groups is 2. The molecule has 3 rings (SSSR count). The monoisotopic (exact) mass is 445 g/mol. The summed E-state index contributed by atoms with van der Waals surface area (Å²) in [6.45, 7) is 9.15. The Hall–Kier alpha value is -2.37. The van der Waals surface area contributed by atoms with Crippen molar-refractivity contribution in [2.24, 2.45) is 5.41 Å². The van der Waals surface area contributed by atoms with Crippen LogP contribution in [0.5, 0.6) is 0 Å². The summed E-state index contributed by atoms with van der Waals surface area (Å²) >= 11 is 0. The Balaban J connectivity index is 1.69. The number of hydrogen-bond acceptors (Lipinski definition) is 4. The lowest BCUT2D eigenvalue weighted by atomic mass is 9.67. The molecule has 1 fully saturated rings. The van der Waals surface area contributed by atoms with Gasteiger partial charge in [0.15, 0.2) is 0 Å². The number of piperidine rings is 1. The smallest absolute Gasteiger partial charge is 0.410 e. The summed E-state index contributed by atoms with van der Waals surface area (Å²) in [6, 6.07) is 5.07. The van der Waals surface area contributed by atoms with E-state index in [4.69, 9.17) is 9.47 Å². The van der Waals surface area contributed by atoms with Crippen LogP contribution >= 0.6 is 0 Å². The molecule has 1 aromatic rings. The number of fused-ring (bicyclic) bond motifs is 1. The lowest BCUT2D eigenvalue weighted by Crippen LogP contribution is -2.46. The molecule has 32 heavy (non-hydrogen) atoms. The van der Waals surface area contributed by atoms with Crippen LogP contribution in [0.1, 0.15) is 77.3 Å². The van der Waals surface area contributed by atoms with Crippen LogP contribution in [0, 0.1) is 11.2 Å². The van der Waals surface area contributed by atoms with E-state index in [9.17, 15) is 14.0 Å². The van der Waals surface area contributed by atoms with E-state index in [1.54, 1.807) is 11.0 Å². The van der Waals surface area contributed by atoms with Crippen molar-refractivity contribution >= 4 is 17.6 Å². The van der Waals surface area contributed by atoms with Gasteiger partial charge in [-0.2, -0.15) is 0 Å². The molecule has 0 saturated carbocycles. The van der Waals surface area contributed by atoms with Gasteiger partial charge in [-0.15, -0.1) is 0 Å². The number of halogens is 1. The molecule has 176 valence electrons. The molecule has 1 aliphatic heterocycles. The highest BCUT2D eigenvalue weighted by Crippen LogP contribution is 2.45. The Labute approximate surface area is 191 Å². The first-order valence-corrected chi connectivity index (χ1v) is 11.7. The summed E-state index contributed by atoms with van der Waals surface area (Å²) in [6.07, 6.45) is 7.45. The van der Waals surface area contributed by atoms with Crippen molar-refractivity contribution in [3.63, 3.8) is 0 Å². The highest BCUT2D eigenvalue weighted by atomic mass is 19.1. The SMILES string of the molecule is CCOC(=O)CCCCC1=CC2(CCN(C(=O)OC(C)(C)C)CC2)Cc2ccc(F)cc21. The van der Waals surface area contributed by atoms with Crippen LogP contribution in [0.4, 0.5) is 9.18 Å². The maximum absolute atomic E-state index is 14.0. The minimum atomic E-state index is -0.503. The molecule has 1 spiro atoms. The van der Waals surface area contributed by atoms with Gasteiger partial charge in [-0.05, 0) is 100 Å². The number of benzene rings is 1. The van der Waals surface area contributed by atoms with Gasteiger partial charge >= 0.3 is 12.1 Å². The highest BCUT2D eigenvalue weighted by molar-refractivity contribution is 5.72. The number of hydrogen-bond donors (Lipinski definition) is 0. The van der Waals surface area contributed by atoms with Gasteiger partial charge in [-0.1, -0.05) is 12.1 Å². The van der Waals surface area contributed by atoms with Gasteiger partial charge in [0.25, 0.3) is 0 Å². The van der Waals surface area contributed by atoms with E-state index < -0.39 is 5.60 Å². The molecule has 0 atom stereocenters. The predicted molar refractivity (Wildman–Crippen MR) is 123 cm³/mol. The molecule has 5 nitrogen and oxygen atoms in total. The summed E-state index contributed by atoms with van der Waals surface area (Å²) in [5, 5.41) is 0. The second-order valence-electron chi connectivity index (χ2n) is 9.99. The standard InChI is InChI=1S/C26H36FNO4/c1-5-31-23(29)9-7-6-8-19-17-26(18-20-10-11-21(27)16-22(19)20)12-14-28(15-13-26)24(30)32-25(2,3)4/h10-11,16-17H,5-9,12-15,18H2,1-4H3. The molecule has 0 N–H and O–H groups in total. The van der Waals surface area contributed by atoms with Gasteiger partial charge in [0.2, 0.25) is 0 Å². The van der Waals surface area contributed by atoms with Gasteiger partial charge in [-0.25, -0.2) is 9.18 Å². The molecule has 0 aromatic heterocycles. The highest BCUT2D eigenvalue weighted by Gasteiger charge is 2.38. The van der Waals surface area contributed by atoms with Crippen molar-refractivity contribution in [2.75, 3.05) is 19.7 Å². The number of amides is 1. The van der Waals surface area contributed by atoms with Gasteiger partial charge in [0.1, 0.15) is 11.4 Å². The van der Waals surface area contributed by atoms with Gasteiger partial charge < -0.3 is 14.4 Å². The molecule has 1 heterocycles. The molecule has 1 aromatic carbocycles. The molecule has 1 amide bonds. The molecule has 0 bridgehead atoms. The normalized spacial score (nSPS) is 17.5. The maximum Gasteiger partial charge on any atom is 0.410 e. The average Bonchev–Trinajstić information content (AvgIpc) is 2.71. The van der Waals surface area contributed by atoms with Crippen LogP contribution in [0.2, 0.25) is 0 Å². The topological polar surface area (TPSA) is 55.8 Å². The first kappa shape index (κ1) is 24.3. The summed E-state index contributed by atoms with van der Waals surface area (Å²) in [5.74, 6) is -0.389. The minimum Gasteiger partial charge on any atom is -0.466 e. The maximum atomic E-state index is 14.0. The first-order valence-electron chi connectivity index (χ1n) is 11.7. The minimum absolute atomic E-state index is 0.0280. The van der Waals surface area contributed by atoms with E-state index in [-0.39, 0.29) is 23.3 Å². The molecule has 1 saturated heterocycles. The van der Waals surface area contributed by atoms with Crippen molar-refractivity contribution in [1.29, 1.82) is 0 Å². The van der Waals surface area contributed by atoms with Crippen LogP contribution in [0.15, 0.2) is 24.3 Å². The quantitative estimate of drug-likeness (QED) is 0.404. The second-order valence-corrected chi connectivity index (χ2v) is 9.99. The number of likely N-dealkylation sites (tertiary alicyclic amines) is 1. The van der Waals surface area contributed by atoms with E-state index in [0.717, 1.165) is 49.7 Å². The lowest BCUT2D eigenvalue weighted by Gasteiger charge is -2.43. The molecular formula is C26H36FNO4. The molecule has 6 heteroatoms. The fourth-order valence-corrected chi connectivity index (χ4v) is 4.69. The van der Waals surface area contributed by atoms with E-state index in [1.165, 1.54) is 11.6 Å². The van der Waals surface area contributed by atoms with Gasteiger partial charge in [0, 0.05) is 19.5 Å². The third kappa shape index (κ3) is 6.33. The third-order valence-electron chi connectivity index (χ3n) is 6.23. The predicted octanol–water partition coefficient (Wildman–Crippen LogP) is 5.91. The Morgan fingerprint density at radius 2 is 1.88 bits per heavy atom. The van der Waals surface area contributed by atoms with E-state index in [0.29, 0.717) is 26.1 Å². The number of unbranched alkanes of at least 4 members (excludes halogenated alkanes) is 1. The van der Waals surface area contributed by atoms with E-state index in [1.807, 2.05) is 33.8 Å². The average molecular weight is 446 g/mol. The van der Waals surface area contributed by atoms with Crippen molar-refractivity contribution in [1.82, 2.24) is 4.90 Å². The second kappa shape index (κ2) is 10.1. The lowest BCUT2D eigenvalue weighted by molar-refractivity contribution is -0.143. The van der Waals surface area contributed by atoms with Crippen LogP contribution < -0.4 is 0 Å².